The minimum Gasteiger partial charge on any atom is -0.480 e. The van der Waals surface area contributed by atoms with Crippen LogP contribution in [0.5, 0.6) is 0 Å². The highest BCUT2D eigenvalue weighted by Crippen LogP contribution is 2.30. The minimum absolute atomic E-state index is 0.141. The molecular weight excluding hydrogens is 258 g/mol. The van der Waals surface area contributed by atoms with Crippen LogP contribution >= 0.6 is 0 Å². The summed E-state index contributed by atoms with van der Waals surface area (Å²) in [4.78, 5) is 22.7. The van der Waals surface area contributed by atoms with Gasteiger partial charge in [-0.15, -0.1) is 0 Å². The van der Waals surface area contributed by atoms with E-state index in [1.165, 1.54) is 0 Å². The number of rotatable bonds is 6. The molecule has 1 atom stereocenters. The Morgan fingerprint density at radius 1 is 1.30 bits per heavy atom. The lowest BCUT2D eigenvalue weighted by molar-refractivity contribution is -0.140. The second-order valence-electron chi connectivity index (χ2n) is 5.13. The Bertz CT molecular complexity index is 456. The first kappa shape index (κ1) is 14.4. The van der Waals surface area contributed by atoms with Crippen LogP contribution in [0, 0.1) is 5.92 Å². The van der Waals surface area contributed by atoms with E-state index in [0.717, 1.165) is 24.8 Å². The number of hydrogen-bond donors (Lipinski definition) is 2. The SMILES string of the molecule is O=C(NC(CC1CCC1)C(=O)O)OCc1ccccc1. The molecule has 1 unspecified atom stereocenters. The molecule has 1 amide bonds. The molecule has 0 aliphatic heterocycles. The Morgan fingerprint density at radius 3 is 2.55 bits per heavy atom. The van der Waals surface area contributed by atoms with Gasteiger partial charge in [0.1, 0.15) is 12.6 Å². The lowest BCUT2D eigenvalue weighted by Gasteiger charge is -2.28. The first-order chi connectivity index (χ1) is 9.65. The lowest BCUT2D eigenvalue weighted by atomic mass is 9.81. The monoisotopic (exact) mass is 277 g/mol. The van der Waals surface area contributed by atoms with Crippen LogP contribution in [0.3, 0.4) is 0 Å². The summed E-state index contributed by atoms with van der Waals surface area (Å²) >= 11 is 0. The molecule has 2 N–H and O–H groups in total. The summed E-state index contributed by atoms with van der Waals surface area (Å²) in [5.74, 6) is -0.598. The predicted octanol–water partition coefficient (Wildman–Crippen LogP) is 2.56. The van der Waals surface area contributed by atoms with Crippen LogP contribution < -0.4 is 5.32 Å². The number of nitrogens with one attached hydrogen (secondary N) is 1. The Labute approximate surface area is 117 Å². The number of ether oxygens (including phenoxy) is 1. The van der Waals surface area contributed by atoms with Crippen LogP contribution in [0.2, 0.25) is 0 Å². The maximum atomic E-state index is 11.6. The van der Waals surface area contributed by atoms with Crippen molar-refractivity contribution in [1.82, 2.24) is 5.32 Å². The van der Waals surface area contributed by atoms with Crippen LogP contribution in [-0.2, 0) is 16.1 Å². The summed E-state index contributed by atoms with van der Waals surface area (Å²) in [5.41, 5.74) is 0.869. The van der Waals surface area contributed by atoms with E-state index in [-0.39, 0.29) is 6.61 Å². The molecule has 0 radical (unpaired) electrons. The van der Waals surface area contributed by atoms with Crippen LogP contribution in [-0.4, -0.2) is 23.2 Å². The number of carboxylic acids is 1. The van der Waals surface area contributed by atoms with E-state index in [9.17, 15) is 9.59 Å². The van der Waals surface area contributed by atoms with E-state index in [1.54, 1.807) is 0 Å². The van der Waals surface area contributed by atoms with Gasteiger partial charge in [0.25, 0.3) is 0 Å². The van der Waals surface area contributed by atoms with Crippen molar-refractivity contribution in [2.24, 2.45) is 5.92 Å². The molecule has 0 heterocycles. The normalized spacial score (nSPS) is 16.0. The predicted molar refractivity (Wildman–Crippen MR) is 73.1 cm³/mol. The van der Waals surface area contributed by atoms with Crippen molar-refractivity contribution in [1.29, 1.82) is 0 Å². The Hall–Kier alpha value is -2.04. The third-order valence-electron chi connectivity index (χ3n) is 3.60. The average Bonchev–Trinajstić information content (AvgIpc) is 2.40. The second-order valence-corrected chi connectivity index (χ2v) is 5.13. The fraction of sp³-hybridized carbons (Fsp3) is 0.467. The number of carbonyl (C=O) groups excluding carboxylic acids is 1. The largest absolute Gasteiger partial charge is 0.480 e. The van der Waals surface area contributed by atoms with Crippen molar-refractivity contribution in [2.45, 2.75) is 38.3 Å². The van der Waals surface area contributed by atoms with Crippen LogP contribution in [0.4, 0.5) is 4.79 Å². The van der Waals surface area contributed by atoms with Gasteiger partial charge in [-0.05, 0) is 17.9 Å². The number of carbonyl (C=O) groups is 2. The zero-order valence-electron chi connectivity index (χ0n) is 11.2. The Morgan fingerprint density at radius 2 is 2.00 bits per heavy atom. The molecule has 1 aliphatic rings. The van der Waals surface area contributed by atoms with Gasteiger partial charge in [0.05, 0.1) is 0 Å². The molecule has 0 spiro atoms. The van der Waals surface area contributed by atoms with Gasteiger partial charge < -0.3 is 15.2 Å². The van der Waals surface area contributed by atoms with Crippen molar-refractivity contribution in [3.63, 3.8) is 0 Å². The molecule has 5 nitrogen and oxygen atoms in total. The number of benzene rings is 1. The number of amides is 1. The molecule has 1 aromatic carbocycles. The van der Waals surface area contributed by atoms with Crippen molar-refractivity contribution < 1.29 is 19.4 Å². The van der Waals surface area contributed by atoms with Gasteiger partial charge >= 0.3 is 12.1 Å². The van der Waals surface area contributed by atoms with Gasteiger partial charge in [-0.25, -0.2) is 9.59 Å². The molecule has 1 fully saturated rings. The Kier molecular flexibility index (Phi) is 4.98. The van der Waals surface area contributed by atoms with Crippen molar-refractivity contribution in [3.8, 4) is 0 Å². The zero-order chi connectivity index (χ0) is 14.4. The highest BCUT2D eigenvalue weighted by atomic mass is 16.5. The minimum atomic E-state index is -1.01. The molecule has 5 heteroatoms. The van der Waals surface area contributed by atoms with Gasteiger partial charge in [-0.1, -0.05) is 49.6 Å². The van der Waals surface area contributed by atoms with Gasteiger partial charge in [-0.3, -0.25) is 0 Å². The summed E-state index contributed by atoms with van der Waals surface area (Å²) in [6.45, 7) is 0.141. The highest BCUT2D eigenvalue weighted by Gasteiger charge is 2.27. The quantitative estimate of drug-likeness (QED) is 0.838. The van der Waals surface area contributed by atoms with Crippen molar-refractivity contribution in [2.75, 3.05) is 0 Å². The molecule has 1 aromatic rings. The molecule has 1 aliphatic carbocycles. The smallest absolute Gasteiger partial charge is 0.408 e. The lowest BCUT2D eigenvalue weighted by Crippen LogP contribution is -2.43. The van der Waals surface area contributed by atoms with Gasteiger partial charge in [0.15, 0.2) is 0 Å². The third kappa shape index (κ3) is 4.26. The summed E-state index contributed by atoms with van der Waals surface area (Å²) < 4.78 is 5.03. The van der Waals surface area contributed by atoms with E-state index >= 15 is 0 Å². The first-order valence-electron chi connectivity index (χ1n) is 6.85. The first-order valence-corrected chi connectivity index (χ1v) is 6.85. The molecule has 2 rings (SSSR count). The summed E-state index contributed by atoms with van der Waals surface area (Å²) in [6.07, 6.45) is 3.04. The fourth-order valence-electron chi connectivity index (χ4n) is 2.19. The summed E-state index contributed by atoms with van der Waals surface area (Å²) in [6, 6.07) is 8.42. The zero-order valence-corrected chi connectivity index (χ0v) is 11.2. The molecule has 0 saturated heterocycles. The van der Waals surface area contributed by atoms with E-state index in [4.69, 9.17) is 9.84 Å². The number of alkyl carbamates (subject to hydrolysis) is 1. The van der Waals surface area contributed by atoms with E-state index in [0.29, 0.717) is 12.3 Å². The fourth-order valence-corrected chi connectivity index (χ4v) is 2.19. The molecule has 0 bridgehead atoms. The molecule has 108 valence electrons. The summed E-state index contributed by atoms with van der Waals surface area (Å²) in [7, 11) is 0. The maximum absolute atomic E-state index is 11.6. The third-order valence-corrected chi connectivity index (χ3v) is 3.60. The summed E-state index contributed by atoms with van der Waals surface area (Å²) in [5, 5.41) is 11.5. The molecule has 1 saturated carbocycles. The standard InChI is InChI=1S/C15H19NO4/c17-14(18)13(9-11-7-4-8-11)16-15(19)20-10-12-5-2-1-3-6-12/h1-3,5-6,11,13H,4,7-10H2,(H,16,19)(H,17,18). The molecule has 20 heavy (non-hydrogen) atoms. The molecule has 0 aromatic heterocycles. The number of aliphatic carboxylic acids is 1. The average molecular weight is 277 g/mol. The van der Waals surface area contributed by atoms with Gasteiger partial charge in [0, 0.05) is 0 Å². The second kappa shape index (κ2) is 6.93. The van der Waals surface area contributed by atoms with Crippen LogP contribution in [0.25, 0.3) is 0 Å². The van der Waals surface area contributed by atoms with Crippen LogP contribution in [0.15, 0.2) is 30.3 Å². The van der Waals surface area contributed by atoms with Crippen LogP contribution in [0.1, 0.15) is 31.2 Å². The van der Waals surface area contributed by atoms with Gasteiger partial charge in [-0.2, -0.15) is 0 Å². The van der Waals surface area contributed by atoms with Gasteiger partial charge in [0.2, 0.25) is 0 Å². The van der Waals surface area contributed by atoms with E-state index < -0.39 is 18.1 Å². The maximum Gasteiger partial charge on any atom is 0.408 e. The van der Waals surface area contributed by atoms with Crippen molar-refractivity contribution in [3.05, 3.63) is 35.9 Å². The molecular formula is C15H19NO4. The van der Waals surface area contributed by atoms with E-state index in [2.05, 4.69) is 5.32 Å². The topological polar surface area (TPSA) is 75.6 Å². The Balaban J connectivity index is 1.77. The number of carboxylic acid groups (broad SMARTS) is 1. The van der Waals surface area contributed by atoms with Crippen molar-refractivity contribution >= 4 is 12.1 Å². The highest BCUT2D eigenvalue weighted by molar-refractivity contribution is 5.79. The van der Waals surface area contributed by atoms with E-state index in [1.807, 2.05) is 30.3 Å². The number of hydrogen-bond acceptors (Lipinski definition) is 3.